The number of aliphatic imine (C=N–C) groups is 1. The average Bonchev–Trinajstić information content (AvgIpc) is 2.27. The van der Waals surface area contributed by atoms with E-state index in [9.17, 15) is 14.7 Å². The first-order chi connectivity index (χ1) is 7.99. The number of carbonyl (C=O) groups excluding carboxylic acids is 2. The van der Waals surface area contributed by atoms with Gasteiger partial charge in [-0.1, -0.05) is 0 Å². The highest BCUT2D eigenvalue weighted by Crippen LogP contribution is 2.09. The Labute approximate surface area is 97.0 Å². The fourth-order valence-electron chi connectivity index (χ4n) is 1.60. The second-order valence-electron chi connectivity index (χ2n) is 3.80. The quantitative estimate of drug-likeness (QED) is 0.352. The SMILES string of the molecule is CC(=O)C(O)C1=CNC2=NC(N)NC(=O)C2N1. The monoisotopic (exact) mass is 239 g/mol. The number of fused-ring (bicyclic) bond motifs is 1. The molecule has 3 unspecified atom stereocenters. The molecule has 6 N–H and O–H groups in total. The highest BCUT2D eigenvalue weighted by atomic mass is 16.3. The van der Waals surface area contributed by atoms with Crippen LogP contribution in [0.2, 0.25) is 0 Å². The van der Waals surface area contributed by atoms with Crippen molar-refractivity contribution in [1.29, 1.82) is 0 Å². The Kier molecular flexibility index (Phi) is 2.82. The number of aliphatic hydroxyl groups excluding tert-OH is 1. The van der Waals surface area contributed by atoms with Gasteiger partial charge in [-0.15, -0.1) is 0 Å². The van der Waals surface area contributed by atoms with Gasteiger partial charge in [0.25, 0.3) is 5.91 Å². The van der Waals surface area contributed by atoms with E-state index in [0.29, 0.717) is 5.84 Å². The molecule has 2 heterocycles. The van der Waals surface area contributed by atoms with Crippen LogP contribution in [0.5, 0.6) is 0 Å². The number of Topliss-reactive ketones (excluding diaryl/α,β-unsaturated/α-hetero) is 1. The molecule has 0 aliphatic carbocycles. The Balaban J connectivity index is 2.22. The van der Waals surface area contributed by atoms with Crippen molar-refractivity contribution >= 4 is 17.5 Å². The van der Waals surface area contributed by atoms with Gasteiger partial charge in [0.2, 0.25) is 0 Å². The molecule has 0 aromatic heterocycles. The molecule has 0 bridgehead atoms. The predicted molar refractivity (Wildman–Crippen MR) is 58.4 cm³/mol. The number of aliphatic hydroxyl groups is 1. The molecule has 0 aromatic rings. The summed E-state index contributed by atoms with van der Waals surface area (Å²) in [6.45, 7) is 1.26. The lowest BCUT2D eigenvalue weighted by atomic mass is 10.1. The van der Waals surface area contributed by atoms with Crippen LogP contribution in [-0.4, -0.2) is 41.1 Å². The van der Waals surface area contributed by atoms with Crippen molar-refractivity contribution in [2.24, 2.45) is 10.7 Å². The Bertz CT molecular complexity index is 430. The molecule has 2 aliphatic rings. The number of amides is 1. The van der Waals surface area contributed by atoms with Gasteiger partial charge in [-0.05, 0) is 6.92 Å². The minimum atomic E-state index is -1.28. The Morgan fingerprint density at radius 2 is 2.29 bits per heavy atom. The van der Waals surface area contributed by atoms with Crippen LogP contribution in [0.25, 0.3) is 0 Å². The summed E-state index contributed by atoms with van der Waals surface area (Å²) < 4.78 is 0. The van der Waals surface area contributed by atoms with Crippen molar-refractivity contribution in [3.05, 3.63) is 11.9 Å². The third kappa shape index (κ3) is 2.12. The number of carbonyl (C=O) groups is 2. The molecule has 2 aliphatic heterocycles. The van der Waals surface area contributed by atoms with Crippen molar-refractivity contribution in [3.63, 3.8) is 0 Å². The Hall–Kier alpha value is -1.93. The summed E-state index contributed by atoms with van der Waals surface area (Å²) in [5.41, 5.74) is 5.69. The van der Waals surface area contributed by atoms with Crippen LogP contribution < -0.4 is 21.7 Å². The van der Waals surface area contributed by atoms with E-state index in [-0.39, 0.29) is 11.6 Å². The lowest BCUT2D eigenvalue weighted by Gasteiger charge is -2.32. The number of amidine groups is 1. The molecule has 8 nitrogen and oxygen atoms in total. The Morgan fingerprint density at radius 3 is 2.94 bits per heavy atom. The van der Waals surface area contributed by atoms with E-state index >= 15 is 0 Å². The zero-order valence-electron chi connectivity index (χ0n) is 9.10. The van der Waals surface area contributed by atoms with Crippen LogP contribution in [0.4, 0.5) is 0 Å². The molecule has 92 valence electrons. The van der Waals surface area contributed by atoms with Gasteiger partial charge in [-0.3, -0.25) is 15.3 Å². The van der Waals surface area contributed by atoms with Crippen LogP contribution in [0.3, 0.4) is 0 Å². The van der Waals surface area contributed by atoms with E-state index < -0.39 is 24.2 Å². The lowest BCUT2D eigenvalue weighted by molar-refractivity contribution is -0.125. The molecule has 0 fully saturated rings. The number of nitrogens with zero attached hydrogens (tertiary/aromatic N) is 1. The van der Waals surface area contributed by atoms with E-state index in [1.54, 1.807) is 0 Å². The van der Waals surface area contributed by atoms with Crippen molar-refractivity contribution in [1.82, 2.24) is 16.0 Å². The molecule has 8 heteroatoms. The van der Waals surface area contributed by atoms with Gasteiger partial charge in [0.15, 0.2) is 24.2 Å². The van der Waals surface area contributed by atoms with Crippen molar-refractivity contribution < 1.29 is 14.7 Å². The Morgan fingerprint density at radius 1 is 1.59 bits per heavy atom. The smallest absolute Gasteiger partial charge is 0.253 e. The number of hydrogen-bond acceptors (Lipinski definition) is 7. The van der Waals surface area contributed by atoms with E-state index in [1.807, 2.05) is 0 Å². The summed E-state index contributed by atoms with van der Waals surface area (Å²) >= 11 is 0. The van der Waals surface area contributed by atoms with Gasteiger partial charge in [-0.2, -0.15) is 0 Å². The number of ketones is 1. The molecule has 0 radical (unpaired) electrons. The van der Waals surface area contributed by atoms with E-state index in [2.05, 4.69) is 20.9 Å². The minimum Gasteiger partial charge on any atom is -0.379 e. The van der Waals surface area contributed by atoms with Gasteiger partial charge < -0.3 is 21.1 Å². The van der Waals surface area contributed by atoms with Gasteiger partial charge >= 0.3 is 0 Å². The normalized spacial score (nSPS) is 28.8. The summed E-state index contributed by atoms with van der Waals surface area (Å²) in [6, 6.07) is -0.760. The summed E-state index contributed by atoms with van der Waals surface area (Å²) in [7, 11) is 0. The second kappa shape index (κ2) is 4.15. The first-order valence-corrected chi connectivity index (χ1v) is 5.04. The van der Waals surface area contributed by atoms with Crippen molar-refractivity contribution in [2.75, 3.05) is 0 Å². The van der Waals surface area contributed by atoms with Gasteiger partial charge in [0, 0.05) is 6.20 Å². The van der Waals surface area contributed by atoms with E-state index in [4.69, 9.17) is 5.73 Å². The maximum absolute atomic E-state index is 11.6. The molecular weight excluding hydrogens is 226 g/mol. The molecule has 0 saturated heterocycles. The number of nitrogens with one attached hydrogen (secondary N) is 3. The molecule has 0 spiro atoms. The molecule has 17 heavy (non-hydrogen) atoms. The standard InChI is InChI=1S/C9H13N5O3/c1-3(15)6(16)4-2-11-7-5(12-4)8(17)14-9(10)13-7/h2,5-6,9,12,16H,10H2,1H3,(H,11,13)(H,14,17). The number of rotatable bonds is 2. The van der Waals surface area contributed by atoms with Crippen LogP contribution in [0.15, 0.2) is 16.9 Å². The van der Waals surface area contributed by atoms with Gasteiger partial charge in [-0.25, -0.2) is 4.99 Å². The van der Waals surface area contributed by atoms with E-state index in [1.165, 1.54) is 13.1 Å². The highest BCUT2D eigenvalue weighted by Gasteiger charge is 2.34. The predicted octanol–water partition coefficient (Wildman–Crippen LogP) is -2.89. The molecule has 3 atom stereocenters. The molecular formula is C9H13N5O3. The fraction of sp³-hybridized carbons (Fsp3) is 0.444. The van der Waals surface area contributed by atoms with Crippen LogP contribution in [-0.2, 0) is 9.59 Å². The van der Waals surface area contributed by atoms with Crippen molar-refractivity contribution in [3.8, 4) is 0 Å². The first kappa shape index (κ1) is 11.6. The maximum atomic E-state index is 11.6. The zero-order valence-corrected chi connectivity index (χ0v) is 9.10. The summed E-state index contributed by atoms with van der Waals surface area (Å²) in [6.07, 6.45) is -0.671. The zero-order chi connectivity index (χ0) is 12.6. The lowest BCUT2D eigenvalue weighted by Crippen LogP contribution is -2.63. The molecule has 1 amide bonds. The topological polar surface area (TPSA) is 129 Å². The number of hydrogen-bond donors (Lipinski definition) is 5. The summed E-state index contributed by atoms with van der Waals surface area (Å²) in [4.78, 5) is 26.6. The minimum absolute atomic E-state index is 0.229. The number of nitrogens with two attached hydrogens (primary N) is 1. The summed E-state index contributed by atoms with van der Waals surface area (Å²) in [5.74, 6) is -0.420. The van der Waals surface area contributed by atoms with Crippen molar-refractivity contribution in [2.45, 2.75) is 25.4 Å². The van der Waals surface area contributed by atoms with E-state index in [0.717, 1.165) is 0 Å². The highest BCUT2D eigenvalue weighted by molar-refractivity contribution is 6.10. The first-order valence-electron chi connectivity index (χ1n) is 5.04. The summed E-state index contributed by atoms with van der Waals surface area (Å²) in [5, 5.41) is 17.5. The van der Waals surface area contributed by atoms with Crippen LogP contribution >= 0.6 is 0 Å². The second-order valence-corrected chi connectivity index (χ2v) is 3.80. The molecule has 2 rings (SSSR count). The molecule has 0 saturated carbocycles. The third-order valence-electron chi connectivity index (χ3n) is 2.47. The maximum Gasteiger partial charge on any atom is 0.253 e. The fourth-order valence-corrected chi connectivity index (χ4v) is 1.60. The molecule has 0 aromatic carbocycles. The van der Waals surface area contributed by atoms with Gasteiger partial charge in [0.05, 0.1) is 5.70 Å². The van der Waals surface area contributed by atoms with Crippen LogP contribution in [0.1, 0.15) is 6.92 Å². The largest absolute Gasteiger partial charge is 0.379 e. The average molecular weight is 239 g/mol. The van der Waals surface area contributed by atoms with Crippen LogP contribution in [0, 0.1) is 0 Å². The van der Waals surface area contributed by atoms with Gasteiger partial charge in [0.1, 0.15) is 5.84 Å². The third-order valence-corrected chi connectivity index (χ3v) is 2.47.